The van der Waals surface area contributed by atoms with Crippen molar-refractivity contribution in [2.24, 2.45) is 0 Å². The Bertz CT molecular complexity index is 974. The molecule has 4 rings (SSSR count). The largest absolute Gasteiger partial charge is 0.492 e. The molecular formula is C22H21N3O3. The summed E-state index contributed by atoms with van der Waals surface area (Å²) in [6, 6.07) is 20.6. The Hall–Kier alpha value is -3.54. The summed E-state index contributed by atoms with van der Waals surface area (Å²) >= 11 is 0. The Morgan fingerprint density at radius 3 is 2.57 bits per heavy atom. The molecule has 0 saturated carbocycles. The number of ether oxygens (including phenoxy) is 2. The topological polar surface area (TPSA) is 77.7 Å². The maximum atomic E-state index is 13.2. The molecule has 0 aliphatic carbocycles. The fourth-order valence-corrected chi connectivity index (χ4v) is 3.10. The molecule has 2 heterocycles. The first-order valence-corrected chi connectivity index (χ1v) is 9.11. The van der Waals surface area contributed by atoms with E-state index < -0.39 is 6.10 Å². The van der Waals surface area contributed by atoms with E-state index in [1.165, 1.54) is 0 Å². The molecule has 0 saturated heterocycles. The van der Waals surface area contributed by atoms with Gasteiger partial charge in [-0.1, -0.05) is 48.0 Å². The molecule has 0 radical (unpaired) electrons. The van der Waals surface area contributed by atoms with Gasteiger partial charge in [0.25, 0.3) is 5.91 Å². The van der Waals surface area contributed by atoms with E-state index in [-0.39, 0.29) is 5.91 Å². The van der Waals surface area contributed by atoms with Gasteiger partial charge in [-0.05, 0) is 31.2 Å². The fourth-order valence-electron chi connectivity index (χ4n) is 3.10. The van der Waals surface area contributed by atoms with Crippen LogP contribution < -0.4 is 20.1 Å². The molecule has 6 heteroatoms. The van der Waals surface area contributed by atoms with Gasteiger partial charge in [0, 0.05) is 5.56 Å². The SMILES string of the molecule is Cc1ccc(OCCN2C(=O)C(c3ccccc3)Oc3ccc(N)nc32)cc1. The molecule has 3 aromatic rings. The van der Waals surface area contributed by atoms with E-state index in [9.17, 15) is 4.79 Å². The number of nitrogens with zero attached hydrogens (tertiary/aromatic N) is 2. The molecule has 2 aromatic carbocycles. The summed E-state index contributed by atoms with van der Waals surface area (Å²) in [5, 5.41) is 0. The molecule has 2 N–H and O–H groups in total. The Morgan fingerprint density at radius 1 is 1.07 bits per heavy atom. The molecule has 1 unspecified atom stereocenters. The first kappa shape index (κ1) is 17.9. The predicted octanol–water partition coefficient (Wildman–Crippen LogP) is 3.52. The summed E-state index contributed by atoms with van der Waals surface area (Å²) in [4.78, 5) is 19.0. The van der Waals surface area contributed by atoms with Gasteiger partial charge in [-0.3, -0.25) is 9.69 Å². The monoisotopic (exact) mass is 375 g/mol. The zero-order valence-corrected chi connectivity index (χ0v) is 15.5. The van der Waals surface area contributed by atoms with Crippen LogP contribution in [0.25, 0.3) is 0 Å². The molecule has 142 valence electrons. The van der Waals surface area contributed by atoms with Gasteiger partial charge >= 0.3 is 0 Å². The van der Waals surface area contributed by atoms with Crippen LogP contribution >= 0.6 is 0 Å². The van der Waals surface area contributed by atoms with Crippen molar-refractivity contribution in [3.05, 3.63) is 77.9 Å². The lowest BCUT2D eigenvalue weighted by molar-refractivity contribution is -0.126. The summed E-state index contributed by atoms with van der Waals surface area (Å²) in [7, 11) is 0. The van der Waals surface area contributed by atoms with Crippen LogP contribution in [0.2, 0.25) is 0 Å². The number of carbonyl (C=O) groups excluding carboxylic acids is 1. The molecule has 0 bridgehead atoms. The second-order valence-electron chi connectivity index (χ2n) is 6.62. The quantitative estimate of drug-likeness (QED) is 0.738. The number of hydrogen-bond donors (Lipinski definition) is 1. The maximum Gasteiger partial charge on any atom is 0.274 e. The molecule has 1 atom stereocenters. The van der Waals surface area contributed by atoms with Crippen LogP contribution in [0.15, 0.2) is 66.7 Å². The van der Waals surface area contributed by atoms with Crippen LogP contribution in [0, 0.1) is 6.92 Å². The van der Waals surface area contributed by atoms with Crippen molar-refractivity contribution >= 4 is 17.5 Å². The number of nitrogens with two attached hydrogens (primary N) is 1. The van der Waals surface area contributed by atoms with Gasteiger partial charge < -0.3 is 15.2 Å². The van der Waals surface area contributed by atoms with Crippen molar-refractivity contribution in [3.63, 3.8) is 0 Å². The van der Waals surface area contributed by atoms with E-state index in [1.807, 2.05) is 61.5 Å². The van der Waals surface area contributed by atoms with E-state index in [1.54, 1.807) is 17.0 Å². The number of carbonyl (C=O) groups is 1. The van der Waals surface area contributed by atoms with Gasteiger partial charge in [-0.25, -0.2) is 4.98 Å². The Morgan fingerprint density at radius 2 is 1.82 bits per heavy atom. The average molecular weight is 375 g/mol. The molecule has 0 fully saturated rings. The average Bonchev–Trinajstić information content (AvgIpc) is 2.71. The lowest BCUT2D eigenvalue weighted by atomic mass is 10.1. The Labute approximate surface area is 163 Å². The van der Waals surface area contributed by atoms with E-state index in [2.05, 4.69) is 4.98 Å². The number of fused-ring (bicyclic) bond motifs is 1. The minimum Gasteiger partial charge on any atom is -0.492 e. The number of aromatic nitrogens is 1. The van der Waals surface area contributed by atoms with Crippen molar-refractivity contribution in [3.8, 4) is 11.5 Å². The van der Waals surface area contributed by atoms with Crippen LogP contribution in [0.3, 0.4) is 0 Å². The molecule has 6 nitrogen and oxygen atoms in total. The number of rotatable bonds is 5. The molecule has 0 spiro atoms. The van der Waals surface area contributed by atoms with Gasteiger partial charge in [0.05, 0.1) is 6.54 Å². The molecule has 1 amide bonds. The van der Waals surface area contributed by atoms with Crippen LogP contribution in [-0.4, -0.2) is 24.0 Å². The van der Waals surface area contributed by atoms with Gasteiger partial charge in [-0.15, -0.1) is 0 Å². The first-order chi connectivity index (χ1) is 13.6. The Kier molecular flexibility index (Phi) is 4.85. The summed E-state index contributed by atoms with van der Waals surface area (Å²) in [5.41, 5.74) is 7.79. The number of benzene rings is 2. The number of aryl methyl sites for hydroxylation is 1. The zero-order chi connectivity index (χ0) is 19.5. The van der Waals surface area contributed by atoms with Gasteiger partial charge in [0.2, 0.25) is 6.10 Å². The lowest BCUT2D eigenvalue weighted by Crippen LogP contribution is -2.43. The van der Waals surface area contributed by atoms with Crippen molar-refractivity contribution in [1.29, 1.82) is 0 Å². The van der Waals surface area contributed by atoms with Gasteiger partial charge in [-0.2, -0.15) is 0 Å². The third kappa shape index (κ3) is 3.62. The number of anilines is 2. The number of nitrogen functional groups attached to an aromatic ring is 1. The highest BCUT2D eigenvalue weighted by Gasteiger charge is 2.36. The van der Waals surface area contributed by atoms with E-state index in [0.717, 1.165) is 16.9 Å². The van der Waals surface area contributed by atoms with Crippen LogP contribution in [-0.2, 0) is 4.79 Å². The summed E-state index contributed by atoms with van der Waals surface area (Å²) in [5.74, 6) is 1.84. The third-order valence-electron chi connectivity index (χ3n) is 4.56. The molecule has 28 heavy (non-hydrogen) atoms. The number of hydrogen-bond acceptors (Lipinski definition) is 5. The molecule has 1 aliphatic heterocycles. The molecule has 1 aliphatic rings. The summed E-state index contributed by atoms with van der Waals surface area (Å²) < 4.78 is 11.7. The van der Waals surface area contributed by atoms with E-state index >= 15 is 0 Å². The van der Waals surface area contributed by atoms with E-state index in [4.69, 9.17) is 15.2 Å². The maximum absolute atomic E-state index is 13.2. The first-order valence-electron chi connectivity index (χ1n) is 9.11. The van der Waals surface area contributed by atoms with E-state index in [0.29, 0.717) is 30.5 Å². The standard InChI is InChI=1S/C22H21N3O3/c1-15-7-9-17(10-8-15)27-14-13-25-21-18(11-12-19(23)24-21)28-20(22(25)26)16-5-3-2-4-6-16/h2-12,20H,13-14H2,1H3,(H2,23,24). The van der Waals surface area contributed by atoms with Crippen LogP contribution in [0.5, 0.6) is 11.5 Å². The fraction of sp³-hybridized carbons (Fsp3) is 0.182. The second-order valence-corrected chi connectivity index (χ2v) is 6.62. The zero-order valence-electron chi connectivity index (χ0n) is 15.5. The number of pyridine rings is 1. The summed E-state index contributed by atoms with van der Waals surface area (Å²) in [6.45, 7) is 2.68. The lowest BCUT2D eigenvalue weighted by Gasteiger charge is -2.33. The minimum atomic E-state index is -0.724. The van der Waals surface area contributed by atoms with Crippen LogP contribution in [0.1, 0.15) is 17.2 Å². The third-order valence-corrected chi connectivity index (χ3v) is 4.56. The van der Waals surface area contributed by atoms with Crippen molar-refractivity contribution in [1.82, 2.24) is 4.98 Å². The predicted molar refractivity (Wildman–Crippen MR) is 107 cm³/mol. The second kappa shape index (κ2) is 7.60. The molecule has 1 aromatic heterocycles. The smallest absolute Gasteiger partial charge is 0.274 e. The van der Waals surface area contributed by atoms with Crippen molar-refractivity contribution in [2.75, 3.05) is 23.8 Å². The number of amides is 1. The normalized spacial score (nSPS) is 15.7. The Balaban J connectivity index is 1.57. The minimum absolute atomic E-state index is 0.190. The van der Waals surface area contributed by atoms with Gasteiger partial charge in [0.1, 0.15) is 18.2 Å². The molecular weight excluding hydrogens is 354 g/mol. The van der Waals surface area contributed by atoms with Crippen molar-refractivity contribution in [2.45, 2.75) is 13.0 Å². The van der Waals surface area contributed by atoms with Crippen LogP contribution in [0.4, 0.5) is 11.6 Å². The van der Waals surface area contributed by atoms with Gasteiger partial charge in [0.15, 0.2) is 11.6 Å². The summed E-state index contributed by atoms with van der Waals surface area (Å²) in [6.07, 6.45) is -0.724. The highest BCUT2D eigenvalue weighted by atomic mass is 16.5. The highest BCUT2D eigenvalue weighted by molar-refractivity contribution is 5.99. The van der Waals surface area contributed by atoms with Crippen molar-refractivity contribution < 1.29 is 14.3 Å². The highest BCUT2D eigenvalue weighted by Crippen LogP contribution is 2.37.